The van der Waals surface area contributed by atoms with Gasteiger partial charge >= 0.3 is 0 Å². The molecule has 2 unspecified atom stereocenters. The zero-order valence-corrected chi connectivity index (χ0v) is 13.8. The second kappa shape index (κ2) is 7.26. The third-order valence-electron chi connectivity index (χ3n) is 4.54. The summed E-state index contributed by atoms with van der Waals surface area (Å²) in [7, 11) is 0. The molecule has 2 nitrogen and oxygen atoms in total. The highest BCUT2D eigenvalue weighted by atomic mass is 19.1. The Morgan fingerprint density at radius 3 is 2.76 bits per heavy atom. The standard InChI is InChI=1S/C18H29FN2/c1-5-11-20-14(4)18-15(19)8-6-9-17(18)21-12-7-10-16(21)13(2)3/h6,8-9,13-14,16,20H,5,7,10-12H2,1-4H3. The van der Waals surface area contributed by atoms with Gasteiger partial charge in [0, 0.05) is 29.9 Å². The number of hydrogen-bond acceptors (Lipinski definition) is 2. The first-order valence-corrected chi connectivity index (χ1v) is 8.34. The number of halogens is 1. The van der Waals surface area contributed by atoms with Gasteiger partial charge in [-0.05, 0) is 50.8 Å². The number of anilines is 1. The van der Waals surface area contributed by atoms with E-state index in [9.17, 15) is 4.39 Å². The lowest BCUT2D eigenvalue weighted by Gasteiger charge is -2.33. The lowest BCUT2D eigenvalue weighted by Crippen LogP contribution is -2.35. The van der Waals surface area contributed by atoms with Gasteiger partial charge in [-0.2, -0.15) is 0 Å². The molecule has 1 saturated heterocycles. The molecule has 3 heteroatoms. The lowest BCUT2D eigenvalue weighted by atomic mass is 9.99. The summed E-state index contributed by atoms with van der Waals surface area (Å²) in [5.74, 6) is 0.514. The van der Waals surface area contributed by atoms with E-state index in [1.807, 2.05) is 6.07 Å². The summed E-state index contributed by atoms with van der Waals surface area (Å²) in [5, 5.41) is 3.43. The zero-order chi connectivity index (χ0) is 15.4. The molecular weight excluding hydrogens is 263 g/mol. The van der Waals surface area contributed by atoms with Crippen LogP contribution in [0.3, 0.4) is 0 Å². The van der Waals surface area contributed by atoms with E-state index in [2.05, 4.69) is 44.0 Å². The quantitative estimate of drug-likeness (QED) is 0.830. The van der Waals surface area contributed by atoms with E-state index in [4.69, 9.17) is 0 Å². The molecule has 1 aliphatic heterocycles. The molecule has 0 amide bonds. The number of rotatable bonds is 6. The minimum Gasteiger partial charge on any atom is -0.368 e. The Kier molecular flexibility index (Phi) is 5.63. The van der Waals surface area contributed by atoms with Gasteiger partial charge in [-0.3, -0.25) is 0 Å². The highest BCUT2D eigenvalue weighted by Crippen LogP contribution is 2.35. The van der Waals surface area contributed by atoms with Crippen LogP contribution in [0.1, 0.15) is 58.6 Å². The first kappa shape index (κ1) is 16.3. The van der Waals surface area contributed by atoms with E-state index in [0.29, 0.717) is 12.0 Å². The monoisotopic (exact) mass is 292 g/mol. The van der Waals surface area contributed by atoms with E-state index in [1.165, 1.54) is 12.8 Å². The fourth-order valence-electron chi connectivity index (χ4n) is 3.45. The number of nitrogens with one attached hydrogen (secondary N) is 1. The van der Waals surface area contributed by atoms with E-state index in [1.54, 1.807) is 6.07 Å². The maximum absolute atomic E-state index is 14.4. The largest absolute Gasteiger partial charge is 0.368 e. The van der Waals surface area contributed by atoms with Gasteiger partial charge in [-0.25, -0.2) is 4.39 Å². The first-order valence-electron chi connectivity index (χ1n) is 8.34. The van der Waals surface area contributed by atoms with Crippen LogP contribution < -0.4 is 10.2 Å². The third-order valence-corrected chi connectivity index (χ3v) is 4.54. The van der Waals surface area contributed by atoms with E-state index >= 15 is 0 Å². The molecule has 0 aliphatic carbocycles. The summed E-state index contributed by atoms with van der Waals surface area (Å²) in [6.07, 6.45) is 3.48. The molecule has 0 saturated carbocycles. The molecule has 1 N–H and O–H groups in total. The van der Waals surface area contributed by atoms with E-state index < -0.39 is 0 Å². The van der Waals surface area contributed by atoms with Gasteiger partial charge in [0.15, 0.2) is 0 Å². The third kappa shape index (κ3) is 3.57. The predicted octanol–water partition coefficient (Wildman–Crippen LogP) is 4.51. The van der Waals surface area contributed by atoms with Gasteiger partial charge in [-0.15, -0.1) is 0 Å². The Morgan fingerprint density at radius 2 is 2.10 bits per heavy atom. The number of nitrogens with zero attached hydrogens (tertiary/aromatic N) is 1. The topological polar surface area (TPSA) is 15.3 Å². The van der Waals surface area contributed by atoms with Gasteiger partial charge in [0.25, 0.3) is 0 Å². The minimum atomic E-state index is -0.0852. The molecule has 0 bridgehead atoms. The van der Waals surface area contributed by atoms with Crippen LogP contribution in [0.4, 0.5) is 10.1 Å². The Bertz CT molecular complexity index is 459. The summed E-state index contributed by atoms with van der Waals surface area (Å²) in [5.41, 5.74) is 1.92. The van der Waals surface area contributed by atoms with Gasteiger partial charge in [0.1, 0.15) is 5.82 Å². The minimum absolute atomic E-state index is 0.0505. The zero-order valence-electron chi connectivity index (χ0n) is 13.8. The Labute approximate surface area is 128 Å². The van der Waals surface area contributed by atoms with Crippen LogP contribution in [0.5, 0.6) is 0 Å². The van der Waals surface area contributed by atoms with Crippen LogP contribution in [0.25, 0.3) is 0 Å². The van der Waals surface area contributed by atoms with E-state index in [0.717, 1.165) is 30.8 Å². The second-order valence-electron chi connectivity index (χ2n) is 6.50. The average Bonchev–Trinajstić information content (AvgIpc) is 2.93. The molecule has 0 radical (unpaired) electrons. The van der Waals surface area contributed by atoms with Crippen molar-refractivity contribution in [1.82, 2.24) is 5.32 Å². The predicted molar refractivity (Wildman–Crippen MR) is 88.3 cm³/mol. The van der Waals surface area contributed by atoms with Crippen LogP contribution in [0.15, 0.2) is 18.2 Å². The molecule has 0 spiro atoms. The van der Waals surface area contributed by atoms with Crippen molar-refractivity contribution in [3.05, 3.63) is 29.6 Å². The van der Waals surface area contributed by atoms with Crippen molar-refractivity contribution in [1.29, 1.82) is 0 Å². The average molecular weight is 292 g/mol. The maximum atomic E-state index is 14.4. The van der Waals surface area contributed by atoms with Gasteiger partial charge in [0.05, 0.1) is 0 Å². The summed E-state index contributed by atoms with van der Waals surface area (Å²) in [6.45, 7) is 10.7. The molecule has 118 valence electrons. The molecule has 1 aromatic carbocycles. The summed E-state index contributed by atoms with van der Waals surface area (Å²) < 4.78 is 14.4. The molecule has 0 aromatic heterocycles. The van der Waals surface area contributed by atoms with Crippen LogP contribution in [-0.4, -0.2) is 19.1 Å². The SMILES string of the molecule is CCCNC(C)c1c(F)cccc1N1CCCC1C(C)C. The molecule has 1 aromatic rings. The van der Waals surface area contributed by atoms with Crippen LogP contribution in [0.2, 0.25) is 0 Å². The van der Waals surface area contributed by atoms with Crippen LogP contribution in [-0.2, 0) is 0 Å². The molecular formula is C18H29FN2. The van der Waals surface area contributed by atoms with Crippen molar-refractivity contribution >= 4 is 5.69 Å². The Morgan fingerprint density at radius 1 is 1.33 bits per heavy atom. The Hall–Kier alpha value is -1.09. The fraction of sp³-hybridized carbons (Fsp3) is 0.667. The van der Waals surface area contributed by atoms with Gasteiger partial charge in [-0.1, -0.05) is 26.8 Å². The molecule has 2 rings (SSSR count). The van der Waals surface area contributed by atoms with Crippen LogP contribution >= 0.6 is 0 Å². The Balaban J connectivity index is 2.32. The molecule has 1 fully saturated rings. The van der Waals surface area contributed by atoms with E-state index in [-0.39, 0.29) is 11.9 Å². The van der Waals surface area contributed by atoms with Crippen molar-refractivity contribution in [2.75, 3.05) is 18.0 Å². The van der Waals surface area contributed by atoms with Crippen molar-refractivity contribution in [3.8, 4) is 0 Å². The molecule has 1 heterocycles. The van der Waals surface area contributed by atoms with Gasteiger partial charge in [0.2, 0.25) is 0 Å². The molecule has 1 aliphatic rings. The first-order chi connectivity index (χ1) is 10.1. The van der Waals surface area contributed by atoms with Crippen LogP contribution in [0, 0.1) is 11.7 Å². The summed E-state index contributed by atoms with van der Waals surface area (Å²) >= 11 is 0. The van der Waals surface area contributed by atoms with Crippen molar-refractivity contribution in [3.63, 3.8) is 0 Å². The van der Waals surface area contributed by atoms with Crippen molar-refractivity contribution in [2.24, 2.45) is 5.92 Å². The second-order valence-corrected chi connectivity index (χ2v) is 6.50. The smallest absolute Gasteiger partial charge is 0.130 e. The molecule has 2 atom stereocenters. The summed E-state index contributed by atoms with van der Waals surface area (Å²) in [4.78, 5) is 2.42. The lowest BCUT2D eigenvalue weighted by molar-refractivity contribution is 0.484. The highest BCUT2D eigenvalue weighted by molar-refractivity contribution is 5.57. The fourth-order valence-corrected chi connectivity index (χ4v) is 3.45. The molecule has 21 heavy (non-hydrogen) atoms. The number of hydrogen-bond donors (Lipinski definition) is 1. The van der Waals surface area contributed by atoms with Crippen molar-refractivity contribution in [2.45, 2.75) is 59.0 Å². The maximum Gasteiger partial charge on any atom is 0.130 e. The highest BCUT2D eigenvalue weighted by Gasteiger charge is 2.30. The van der Waals surface area contributed by atoms with Crippen molar-refractivity contribution < 1.29 is 4.39 Å². The summed E-state index contributed by atoms with van der Waals surface area (Å²) in [6, 6.07) is 6.10. The normalized spacial score (nSPS) is 20.3. The van der Waals surface area contributed by atoms with Gasteiger partial charge < -0.3 is 10.2 Å². The number of benzene rings is 1.